The predicted octanol–water partition coefficient (Wildman–Crippen LogP) is 0.769. The summed E-state index contributed by atoms with van der Waals surface area (Å²) in [6, 6.07) is 7.18. The number of nitrogens with zero attached hydrogens (tertiary/aromatic N) is 2. The molecule has 1 heterocycles. The number of nitrogens with one attached hydrogen (secondary N) is 2. The highest BCUT2D eigenvalue weighted by atomic mass is 16.5. The number of benzene rings is 1. The summed E-state index contributed by atoms with van der Waals surface area (Å²) in [4.78, 5) is 15.5. The van der Waals surface area contributed by atoms with Crippen LogP contribution in [-0.4, -0.2) is 53.6 Å². The van der Waals surface area contributed by atoms with Gasteiger partial charge in [-0.15, -0.1) is 0 Å². The van der Waals surface area contributed by atoms with Crippen LogP contribution in [0.15, 0.2) is 43.0 Å². The zero-order chi connectivity index (χ0) is 17.9. The van der Waals surface area contributed by atoms with Crippen molar-refractivity contribution in [3.63, 3.8) is 0 Å². The van der Waals surface area contributed by atoms with Crippen molar-refractivity contribution in [3.05, 3.63) is 48.5 Å². The summed E-state index contributed by atoms with van der Waals surface area (Å²) in [6.45, 7) is 1.77. The van der Waals surface area contributed by atoms with Gasteiger partial charge in [0.1, 0.15) is 5.75 Å². The van der Waals surface area contributed by atoms with Crippen LogP contribution in [0.2, 0.25) is 0 Å². The van der Waals surface area contributed by atoms with Gasteiger partial charge >= 0.3 is 6.03 Å². The van der Waals surface area contributed by atoms with Crippen LogP contribution in [0.5, 0.6) is 5.75 Å². The second-order valence-corrected chi connectivity index (χ2v) is 5.45. The van der Waals surface area contributed by atoms with E-state index in [-0.39, 0.29) is 19.2 Å². The molecule has 2 rings (SSSR count). The van der Waals surface area contributed by atoms with Gasteiger partial charge in [-0.1, -0.05) is 12.1 Å². The van der Waals surface area contributed by atoms with E-state index >= 15 is 0 Å². The monoisotopic (exact) mass is 348 g/mol. The van der Waals surface area contributed by atoms with E-state index < -0.39 is 6.10 Å². The van der Waals surface area contributed by atoms with Crippen LogP contribution in [0.25, 0.3) is 0 Å². The highest BCUT2D eigenvalue weighted by Gasteiger charge is 2.07. The summed E-state index contributed by atoms with van der Waals surface area (Å²) >= 11 is 0. The number of carbonyl (C=O) groups excluding carboxylic acids is 1. The number of hydrogen-bond acceptors (Lipinski definition) is 5. The summed E-state index contributed by atoms with van der Waals surface area (Å²) in [5.41, 5.74) is 0.984. The van der Waals surface area contributed by atoms with Crippen molar-refractivity contribution in [2.24, 2.45) is 0 Å². The van der Waals surface area contributed by atoms with Crippen molar-refractivity contribution in [2.75, 3.05) is 26.8 Å². The smallest absolute Gasteiger partial charge is 0.314 e. The van der Waals surface area contributed by atoms with Crippen LogP contribution in [0.1, 0.15) is 5.56 Å². The molecule has 0 aliphatic heterocycles. The molecular weight excluding hydrogens is 324 g/mol. The minimum atomic E-state index is -0.766. The Morgan fingerprint density at radius 1 is 1.32 bits per heavy atom. The number of aliphatic hydroxyl groups is 1. The fourth-order valence-electron chi connectivity index (χ4n) is 2.08. The van der Waals surface area contributed by atoms with Gasteiger partial charge in [-0.05, 0) is 17.7 Å². The molecule has 0 radical (unpaired) electrons. The Labute approximate surface area is 146 Å². The highest BCUT2D eigenvalue weighted by molar-refractivity contribution is 5.73. The summed E-state index contributed by atoms with van der Waals surface area (Å²) < 4.78 is 12.4. The van der Waals surface area contributed by atoms with Crippen molar-refractivity contribution < 1.29 is 19.4 Å². The zero-order valence-electron chi connectivity index (χ0n) is 14.2. The molecule has 0 aliphatic rings. The van der Waals surface area contributed by atoms with E-state index in [1.54, 1.807) is 19.6 Å². The molecule has 0 bridgehead atoms. The molecule has 0 saturated heterocycles. The molecule has 136 valence electrons. The van der Waals surface area contributed by atoms with Crippen LogP contribution in [0, 0.1) is 0 Å². The second-order valence-electron chi connectivity index (χ2n) is 5.45. The Bertz CT molecular complexity index is 616. The maximum absolute atomic E-state index is 11.6. The van der Waals surface area contributed by atoms with Crippen LogP contribution >= 0.6 is 0 Å². The lowest BCUT2D eigenvalue weighted by Crippen LogP contribution is -2.41. The third-order valence-corrected chi connectivity index (χ3v) is 3.45. The number of imidazole rings is 1. The van der Waals surface area contributed by atoms with Crippen LogP contribution in [-0.2, 0) is 17.9 Å². The molecule has 2 aromatic rings. The normalized spacial score (nSPS) is 11.8. The topological polar surface area (TPSA) is 97.6 Å². The molecule has 0 spiro atoms. The molecule has 1 atom stereocenters. The van der Waals surface area contributed by atoms with Gasteiger partial charge in [0.25, 0.3) is 0 Å². The number of aliphatic hydroxyl groups excluding tert-OH is 1. The number of hydrogen-bond donors (Lipinski definition) is 3. The number of rotatable bonds is 10. The highest BCUT2D eigenvalue weighted by Crippen LogP contribution is 2.11. The molecule has 1 aromatic heterocycles. The average molecular weight is 348 g/mol. The van der Waals surface area contributed by atoms with E-state index in [1.165, 1.54) is 0 Å². The molecule has 0 saturated carbocycles. The first kappa shape index (κ1) is 18.8. The van der Waals surface area contributed by atoms with Gasteiger partial charge in [0.15, 0.2) is 0 Å². The van der Waals surface area contributed by atoms with Gasteiger partial charge in [-0.3, -0.25) is 0 Å². The van der Waals surface area contributed by atoms with Gasteiger partial charge in [0.05, 0.1) is 32.8 Å². The molecule has 0 fully saturated rings. The quantitative estimate of drug-likeness (QED) is 0.589. The molecule has 25 heavy (non-hydrogen) atoms. The van der Waals surface area contributed by atoms with E-state index in [4.69, 9.17) is 9.47 Å². The fourth-order valence-corrected chi connectivity index (χ4v) is 2.08. The lowest BCUT2D eigenvalue weighted by molar-refractivity contribution is 0.0300. The van der Waals surface area contributed by atoms with Gasteiger partial charge in [0.2, 0.25) is 0 Å². The molecule has 2 amide bonds. The van der Waals surface area contributed by atoms with Gasteiger partial charge in [-0.2, -0.15) is 0 Å². The van der Waals surface area contributed by atoms with E-state index in [0.717, 1.165) is 11.3 Å². The number of aromatic nitrogens is 2. The largest absolute Gasteiger partial charge is 0.497 e. The third-order valence-electron chi connectivity index (χ3n) is 3.45. The number of ether oxygens (including phenoxy) is 2. The molecule has 3 N–H and O–H groups in total. The maximum atomic E-state index is 11.6. The lowest BCUT2D eigenvalue weighted by atomic mass is 10.2. The number of urea groups is 1. The SMILES string of the molecule is COc1ccc(COC[C@@H](O)CNC(=O)NCCn2ccnc2)cc1. The molecule has 8 heteroatoms. The first-order valence-electron chi connectivity index (χ1n) is 8.03. The Balaban J connectivity index is 1.53. The average Bonchev–Trinajstić information content (AvgIpc) is 3.14. The third kappa shape index (κ3) is 7.23. The Hall–Kier alpha value is -2.58. The number of carbonyl (C=O) groups is 1. The van der Waals surface area contributed by atoms with E-state index in [1.807, 2.05) is 35.0 Å². The Morgan fingerprint density at radius 3 is 2.80 bits per heavy atom. The number of amides is 2. The second kappa shape index (κ2) is 10.3. The minimum Gasteiger partial charge on any atom is -0.497 e. The molecular formula is C17H24N4O4. The van der Waals surface area contributed by atoms with Gasteiger partial charge in [0, 0.05) is 32.0 Å². The van der Waals surface area contributed by atoms with Crippen molar-refractivity contribution in [1.29, 1.82) is 0 Å². The predicted molar refractivity (Wildman–Crippen MR) is 92.3 cm³/mol. The first-order valence-corrected chi connectivity index (χ1v) is 8.03. The van der Waals surface area contributed by atoms with Crippen molar-refractivity contribution in [3.8, 4) is 5.75 Å². The van der Waals surface area contributed by atoms with Crippen LogP contribution < -0.4 is 15.4 Å². The lowest BCUT2D eigenvalue weighted by Gasteiger charge is -2.13. The maximum Gasteiger partial charge on any atom is 0.314 e. The number of methoxy groups -OCH3 is 1. The standard InChI is InChI=1S/C17H24N4O4/c1-24-16-4-2-14(3-5-16)11-25-12-15(22)10-20-17(23)19-7-9-21-8-6-18-13-21/h2-6,8,13,15,22H,7,9-12H2,1H3,(H2,19,20,23)/t15-/m0/s1. The van der Waals surface area contributed by atoms with Gasteiger partial charge < -0.3 is 29.8 Å². The molecule has 8 nitrogen and oxygen atoms in total. The van der Waals surface area contributed by atoms with Crippen molar-refractivity contribution in [2.45, 2.75) is 19.3 Å². The molecule has 0 aliphatic carbocycles. The summed E-state index contributed by atoms with van der Waals surface area (Å²) in [5.74, 6) is 0.784. The van der Waals surface area contributed by atoms with E-state index in [2.05, 4.69) is 15.6 Å². The summed E-state index contributed by atoms with van der Waals surface area (Å²) in [5, 5.41) is 15.1. The zero-order valence-corrected chi connectivity index (χ0v) is 14.2. The fraction of sp³-hybridized carbons (Fsp3) is 0.412. The van der Waals surface area contributed by atoms with Gasteiger partial charge in [-0.25, -0.2) is 9.78 Å². The molecule has 1 aromatic carbocycles. The summed E-state index contributed by atoms with van der Waals surface area (Å²) in [7, 11) is 1.61. The van der Waals surface area contributed by atoms with E-state index in [0.29, 0.717) is 19.7 Å². The van der Waals surface area contributed by atoms with Crippen LogP contribution in [0.4, 0.5) is 4.79 Å². The first-order chi connectivity index (χ1) is 12.2. The Morgan fingerprint density at radius 2 is 2.12 bits per heavy atom. The summed E-state index contributed by atoms with van der Waals surface area (Å²) in [6.07, 6.45) is 4.42. The molecule has 0 unspecified atom stereocenters. The van der Waals surface area contributed by atoms with Crippen molar-refractivity contribution in [1.82, 2.24) is 20.2 Å². The Kier molecular flexibility index (Phi) is 7.74. The van der Waals surface area contributed by atoms with Crippen LogP contribution in [0.3, 0.4) is 0 Å². The minimum absolute atomic E-state index is 0.125. The van der Waals surface area contributed by atoms with Crippen molar-refractivity contribution >= 4 is 6.03 Å². The van der Waals surface area contributed by atoms with E-state index in [9.17, 15) is 9.90 Å².